The van der Waals surface area contributed by atoms with E-state index in [-0.39, 0.29) is 17.6 Å². The summed E-state index contributed by atoms with van der Waals surface area (Å²) in [4.78, 5) is 28.2. The number of aromatic nitrogens is 1. The maximum Gasteiger partial charge on any atom is 0.258 e. The van der Waals surface area contributed by atoms with Crippen LogP contribution in [0.15, 0.2) is 65.6 Å². The van der Waals surface area contributed by atoms with Crippen LogP contribution in [-0.4, -0.2) is 35.1 Å². The average Bonchev–Trinajstić information content (AvgIpc) is 2.76. The van der Waals surface area contributed by atoms with Gasteiger partial charge in [0.25, 0.3) is 11.5 Å². The molecule has 0 saturated carbocycles. The number of benzene rings is 2. The van der Waals surface area contributed by atoms with Gasteiger partial charge in [-0.2, -0.15) is 0 Å². The molecule has 4 rings (SSSR count). The molecule has 5 nitrogen and oxygen atoms in total. The minimum Gasteiger partial charge on any atom is -0.370 e. The van der Waals surface area contributed by atoms with Crippen molar-refractivity contribution < 1.29 is 9.53 Å². The topological polar surface area (TPSA) is 51.5 Å². The van der Waals surface area contributed by atoms with Crippen LogP contribution in [0.2, 0.25) is 0 Å². The van der Waals surface area contributed by atoms with Gasteiger partial charge >= 0.3 is 0 Å². The molecule has 1 aliphatic rings. The highest BCUT2D eigenvalue weighted by atomic mass is 16.5. The predicted octanol–water partition coefficient (Wildman–Crippen LogP) is 3.87. The van der Waals surface area contributed by atoms with Gasteiger partial charge in [-0.1, -0.05) is 62.4 Å². The quantitative estimate of drug-likeness (QED) is 0.680. The Labute approximate surface area is 170 Å². The number of nitrogens with zero attached hydrogens (tertiary/aromatic N) is 2. The molecule has 1 aromatic heterocycles. The monoisotopic (exact) mass is 390 g/mol. The lowest BCUT2D eigenvalue weighted by Crippen LogP contribution is -2.42. The van der Waals surface area contributed by atoms with Gasteiger partial charge in [0.05, 0.1) is 18.7 Å². The Balaban J connectivity index is 1.71. The van der Waals surface area contributed by atoms with Crippen LogP contribution in [0.5, 0.6) is 0 Å². The van der Waals surface area contributed by atoms with Gasteiger partial charge in [-0.15, -0.1) is 0 Å². The molecule has 2 aromatic carbocycles. The zero-order chi connectivity index (χ0) is 20.4. The molecule has 0 N–H and O–H groups in total. The zero-order valence-electron chi connectivity index (χ0n) is 16.9. The maximum absolute atomic E-state index is 13.5. The Bertz CT molecular complexity index is 1070. The first kappa shape index (κ1) is 19.4. The number of amides is 1. The molecule has 150 valence electrons. The van der Waals surface area contributed by atoms with Gasteiger partial charge in [0.15, 0.2) is 0 Å². The molecule has 2 heterocycles. The first-order valence-electron chi connectivity index (χ1n) is 10.1. The van der Waals surface area contributed by atoms with Crippen molar-refractivity contribution in [2.75, 3.05) is 19.7 Å². The Morgan fingerprint density at radius 1 is 1.07 bits per heavy atom. The van der Waals surface area contributed by atoms with Gasteiger partial charge in [-0.25, -0.2) is 0 Å². The van der Waals surface area contributed by atoms with E-state index in [1.165, 1.54) is 0 Å². The van der Waals surface area contributed by atoms with Gasteiger partial charge in [0.1, 0.15) is 6.10 Å². The summed E-state index contributed by atoms with van der Waals surface area (Å²) in [6.45, 7) is 6.25. The molecule has 3 aromatic rings. The number of rotatable bonds is 4. The van der Waals surface area contributed by atoms with Gasteiger partial charge in [0, 0.05) is 30.1 Å². The highest BCUT2D eigenvalue weighted by Crippen LogP contribution is 2.25. The van der Waals surface area contributed by atoms with E-state index in [0.717, 1.165) is 5.56 Å². The number of fused-ring (bicyclic) bond motifs is 1. The van der Waals surface area contributed by atoms with Crippen molar-refractivity contribution in [2.24, 2.45) is 5.92 Å². The van der Waals surface area contributed by atoms with Crippen molar-refractivity contribution in [3.63, 3.8) is 0 Å². The van der Waals surface area contributed by atoms with Crippen LogP contribution in [0, 0.1) is 5.92 Å². The van der Waals surface area contributed by atoms with Crippen LogP contribution >= 0.6 is 0 Å². The smallest absolute Gasteiger partial charge is 0.258 e. The highest BCUT2D eigenvalue weighted by molar-refractivity contribution is 6.06. The van der Waals surface area contributed by atoms with Crippen LogP contribution in [-0.2, 0) is 11.3 Å². The molecule has 0 bridgehead atoms. The third-order valence-electron chi connectivity index (χ3n) is 5.31. The second kappa shape index (κ2) is 8.21. The SMILES string of the molecule is CC(C)Cn1cc(C(=O)N2CCOC(c3ccccc3)C2)c2ccccc2c1=O. The molecule has 1 atom stereocenters. The third-order valence-corrected chi connectivity index (χ3v) is 5.31. The number of morpholine rings is 1. The van der Waals surface area contributed by atoms with Gasteiger partial charge in [-0.05, 0) is 17.5 Å². The molecular formula is C24H26N2O3. The van der Waals surface area contributed by atoms with E-state index in [2.05, 4.69) is 13.8 Å². The van der Waals surface area contributed by atoms with Crippen molar-refractivity contribution in [2.45, 2.75) is 26.5 Å². The molecule has 1 amide bonds. The summed E-state index contributed by atoms with van der Waals surface area (Å²) >= 11 is 0. The van der Waals surface area contributed by atoms with Crippen LogP contribution < -0.4 is 5.56 Å². The molecule has 1 fully saturated rings. The van der Waals surface area contributed by atoms with Gasteiger partial charge < -0.3 is 14.2 Å². The van der Waals surface area contributed by atoms with Crippen molar-refractivity contribution in [1.82, 2.24) is 9.47 Å². The third kappa shape index (κ3) is 3.96. The number of carbonyl (C=O) groups excluding carboxylic acids is 1. The fraction of sp³-hybridized carbons (Fsp3) is 0.333. The summed E-state index contributed by atoms with van der Waals surface area (Å²) in [6, 6.07) is 17.4. The van der Waals surface area contributed by atoms with Gasteiger partial charge in [-0.3, -0.25) is 9.59 Å². The molecule has 29 heavy (non-hydrogen) atoms. The largest absolute Gasteiger partial charge is 0.370 e. The average molecular weight is 390 g/mol. The Hall–Kier alpha value is -2.92. The van der Waals surface area contributed by atoms with Crippen molar-refractivity contribution in [3.05, 3.63) is 82.3 Å². The number of pyridine rings is 1. The van der Waals surface area contributed by atoms with E-state index < -0.39 is 0 Å². The lowest BCUT2D eigenvalue weighted by Gasteiger charge is -2.33. The van der Waals surface area contributed by atoms with E-state index in [4.69, 9.17) is 4.74 Å². The minimum absolute atomic E-state index is 0.0463. The predicted molar refractivity (Wildman–Crippen MR) is 114 cm³/mol. The highest BCUT2D eigenvalue weighted by Gasteiger charge is 2.27. The summed E-state index contributed by atoms with van der Waals surface area (Å²) in [7, 11) is 0. The molecular weight excluding hydrogens is 364 g/mol. The van der Waals surface area contributed by atoms with Gasteiger partial charge in [0.2, 0.25) is 0 Å². The minimum atomic E-state index is -0.137. The molecule has 1 aliphatic heterocycles. The Morgan fingerprint density at radius 3 is 2.48 bits per heavy atom. The normalized spacial score (nSPS) is 17.1. The lowest BCUT2D eigenvalue weighted by atomic mass is 10.0. The van der Waals surface area contributed by atoms with E-state index in [1.807, 2.05) is 53.4 Å². The molecule has 5 heteroatoms. The van der Waals surface area contributed by atoms with Crippen molar-refractivity contribution >= 4 is 16.7 Å². The first-order valence-corrected chi connectivity index (χ1v) is 10.1. The fourth-order valence-electron chi connectivity index (χ4n) is 3.92. The van der Waals surface area contributed by atoms with Crippen molar-refractivity contribution in [1.29, 1.82) is 0 Å². The van der Waals surface area contributed by atoms with Crippen LogP contribution in [0.3, 0.4) is 0 Å². The number of hydrogen-bond donors (Lipinski definition) is 0. The second-order valence-corrected chi connectivity index (χ2v) is 7.96. The number of ether oxygens (including phenoxy) is 1. The van der Waals surface area contributed by atoms with E-state index in [0.29, 0.717) is 48.5 Å². The molecule has 0 aliphatic carbocycles. The fourth-order valence-corrected chi connectivity index (χ4v) is 3.92. The summed E-state index contributed by atoms with van der Waals surface area (Å²) in [5, 5.41) is 1.30. The number of hydrogen-bond acceptors (Lipinski definition) is 3. The summed E-state index contributed by atoms with van der Waals surface area (Å²) in [5.74, 6) is 0.255. The number of carbonyl (C=O) groups is 1. The molecule has 1 unspecified atom stereocenters. The zero-order valence-corrected chi connectivity index (χ0v) is 16.9. The molecule has 0 radical (unpaired) electrons. The summed E-state index contributed by atoms with van der Waals surface area (Å²) in [6.07, 6.45) is 1.60. The van der Waals surface area contributed by atoms with E-state index >= 15 is 0 Å². The van der Waals surface area contributed by atoms with Crippen LogP contribution in [0.4, 0.5) is 0 Å². The molecule has 0 spiro atoms. The van der Waals surface area contributed by atoms with E-state index in [9.17, 15) is 9.59 Å². The molecule has 1 saturated heterocycles. The second-order valence-electron chi connectivity index (χ2n) is 7.96. The first-order chi connectivity index (χ1) is 14.0. The van der Waals surface area contributed by atoms with Crippen LogP contribution in [0.25, 0.3) is 10.8 Å². The lowest BCUT2D eigenvalue weighted by molar-refractivity contribution is -0.0227. The van der Waals surface area contributed by atoms with Crippen molar-refractivity contribution in [3.8, 4) is 0 Å². The van der Waals surface area contributed by atoms with Crippen LogP contribution in [0.1, 0.15) is 35.9 Å². The summed E-state index contributed by atoms with van der Waals surface area (Å²) < 4.78 is 7.59. The Kier molecular flexibility index (Phi) is 5.49. The van der Waals surface area contributed by atoms with E-state index in [1.54, 1.807) is 16.8 Å². The maximum atomic E-state index is 13.5. The standard InChI is InChI=1S/C24H26N2O3/c1-17(2)14-26-15-21(19-10-6-7-11-20(19)23(26)27)24(28)25-12-13-29-22(16-25)18-8-4-3-5-9-18/h3-11,15,17,22H,12-14,16H2,1-2H3. The summed E-state index contributed by atoms with van der Waals surface area (Å²) in [5.41, 5.74) is 1.60. The Morgan fingerprint density at radius 2 is 1.76 bits per heavy atom.